The molecule has 114 valence electrons. The number of nitrogen functional groups attached to an aromatic ring is 1. The minimum Gasteiger partial charge on any atom is -0.399 e. The third-order valence-corrected chi connectivity index (χ3v) is 4.78. The van der Waals surface area contributed by atoms with Gasteiger partial charge in [-0.3, -0.25) is 9.69 Å². The number of rotatable bonds is 3. The van der Waals surface area contributed by atoms with Crippen molar-refractivity contribution in [3.63, 3.8) is 0 Å². The number of aliphatic hydroxyl groups excluding tert-OH is 1. The van der Waals surface area contributed by atoms with Crippen molar-refractivity contribution < 1.29 is 9.90 Å². The topological polar surface area (TPSA) is 78.6 Å². The summed E-state index contributed by atoms with van der Waals surface area (Å²) in [7, 11) is 0. The van der Waals surface area contributed by atoms with Crippen molar-refractivity contribution in [2.75, 3.05) is 17.6 Å². The highest BCUT2D eigenvalue weighted by Gasteiger charge is 2.40. The number of hydrogen-bond donors (Lipinski definition) is 3. The van der Waals surface area contributed by atoms with Gasteiger partial charge in [0, 0.05) is 17.8 Å². The summed E-state index contributed by atoms with van der Waals surface area (Å²) in [6.07, 6.45) is 3.44. The van der Waals surface area contributed by atoms with E-state index >= 15 is 0 Å². The lowest BCUT2D eigenvalue weighted by atomic mass is 10.00. The number of halogens is 1. The van der Waals surface area contributed by atoms with Crippen LogP contribution in [0, 0.1) is 0 Å². The Morgan fingerprint density at radius 3 is 2.71 bits per heavy atom. The van der Waals surface area contributed by atoms with Crippen LogP contribution in [0.5, 0.6) is 0 Å². The molecule has 0 radical (unpaired) electrons. The molecule has 3 rings (SSSR count). The Morgan fingerprint density at radius 1 is 1.38 bits per heavy atom. The third kappa shape index (κ3) is 3.15. The maximum Gasteiger partial charge on any atom is 0.238 e. The fourth-order valence-corrected chi connectivity index (χ4v) is 3.66. The molecule has 21 heavy (non-hydrogen) atoms. The Balaban J connectivity index is 1.63. The first-order valence-corrected chi connectivity index (χ1v) is 7.69. The van der Waals surface area contributed by atoms with Crippen LogP contribution < -0.4 is 11.1 Å². The van der Waals surface area contributed by atoms with E-state index in [2.05, 4.69) is 10.2 Å². The second-order valence-electron chi connectivity index (χ2n) is 5.97. The van der Waals surface area contributed by atoms with Crippen LogP contribution in [0.1, 0.15) is 25.7 Å². The van der Waals surface area contributed by atoms with Crippen molar-refractivity contribution in [1.82, 2.24) is 4.90 Å². The number of benzene rings is 1. The normalized spacial score (nSPS) is 28.6. The zero-order valence-corrected chi connectivity index (χ0v) is 12.5. The van der Waals surface area contributed by atoms with Gasteiger partial charge in [-0.05, 0) is 43.9 Å². The highest BCUT2D eigenvalue weighted by atomic mass is 35.5. The molecule has 2 fully saturated rings. The van der Waals surface area contributed by atoms with Gasteiger partial charge in [0.25, 0.3) is 0 Å². The number of amides is 1. The molecule has 0 aromatic heterocycles. The zero-order valence-electron chi connectivity index (χ0n) is 11.8. The van der Waals surface area contributed by atoms with Crippen molar-refractivity contribution in [2.45, 2.75) is 43.9 Å². The summed E-state index contributed by atoms with van der Waals surface area (Å²) in [6.45, 7) is 0.340. The highest BCUT2D eigenvalue weighted by Crippen LogP contribution is 2.35. The maximum absolute atomic E-state index is 12.2. The van der Waals surface area contributed by atoms with E-state index in [0.29, 0.717) is 35.0 Å². The lowest BCUT2D eigenvalue weighted by Gasteiger charge is -2.36. The molecular formula is C15H20ClN3O2. The monoisotopic (exact) mass is 309 g/mol. The fraction of sp³-hybridized carbons (Fsp3) is 0.533. The van der Waals surface area contributed by atoms with Gasteiger partial charge in [0.2, 0.25) is 5.91 Å². The van der Waals surface area contributed by atoms with Crippen LogP contribution in [-0.2, 0) is 4.79 Å². The van der Waals surface area contributed by atoms with Gasteiger partial charge >= 0.3 is 0 Å². The molecule has 0 saturated carbocycles. The van der Waals surface area contributed by atoms with Crippen LogP contribution in [0.2, 0.25) is 5.02 Å². The molecule has 2 aliphatic heterocycles. The molecule has 2 atom stereocenters. The van der Waals surface area contributed by atoms with Crippen LogP contribution in [-0.4, -0.2) is 40.6 Å². The molecule has 1 aromatic rings. The first-order valence-electron chi connectivity index (χ1n) is 7.31. The number of anilines is 2. The van der Waals surface area contributed by atoms with Crippen LogP contribution in [0.3, 0.4) is 0 Å². The Morgan fingerprint density at radius 2 is 2.05 bits per heavy atom. The summed E-state index contributed by atoms with van der Waals surface area (Å²) >= 11 is 6.05. The van der Waals surface area contributed by atoms with Crippen LogP contribution in [0.15, 0.2) is 18.2 Å². The van der Waals surface area contributed by atoms with E-state index in [1.54, 1.807) is 18.2 Å². The van der Waals surface area contributed by atoms with Crippen LogP contribution in [0.25, 0.3) is 0 Å². The average Bonchev–Trinajstić information content (AvgIpc) is 2.66. The lowest BCUT2D eigenvalue weighted by molar-refractivity contribution is -0.119. The molecule has 2 bridgehead atoms. The largest absolute Gasteiger partial charge is 0.399 e. The van der Waals surface area contributed by atoms with E-state index in [0.717, 1.165) is 25.7 Å². The average molecular weight is 310 g/mol. The molecule has 2 heterocycles. The van der Waals surface area contributed by atoms with E-state index in [1.165, 1.54) is 0 Å². The minimum absolute atomic E-state index is 0.0872. The second-order valence-corrected chi connectivity index (χ2v) is 6.38. The minimum atomic E-state index is -0.217. The smallest absolute Gasteiger partial charge is 0.238 e. The number of hydrogen-bond acceptors (Lipinski definition) is 4. The van der Waals surface area contributed by atoms with Crippen molar-refractivity contribution in [3.8, 4) is 0 Å². The standard InChI is InChI=1S/C15H20ClN3O2/c16-13-4-1-9(17)5-14(13)18-15(21)8-19-10-2-3-11(19)7-12(20)6-10/h1,4-5,10-12,20H,2-3,6-8,17H2,(H,18,21). The molecule has 6 heteroatoms. The third-order valence-electron chi connectivity index (χ3n) is 4.45. The molecule has 2 unspecified atom stereocenters. The molecule has 1 amide bonds. The Hall–Kier alpha value is -1.30. The molecule has 2 saturated heterocycles. The molecule has 0 aliphatic carbocycles. The number of aliphatic hydroxyl groups is 1. The number of nitrogens with zero attached hydrogens (tertiary/aromatic N) is 1. The SMILES string of the molecule is Nc1ccc(Cl)c(NC(=O)CN2C3CCC2CC(O)C3)c1. The summed E-state index contributed by atoms with van der Waals surface area (Å²) in [6, 6.07) is 5.67. The summed E-state index contributed by atoms with van der Waals surface area (Å²) in [5.74, 6) is -0.0872. The first kappa shape index (κ1) is 14.6. The number of carbonyl (C=O) groups excluding carboxylic acids is 1. The van der Waals surface area contributed by atoms with Crippen molar-refractivity contribution in [1.29, 1.82) is 0 Å². The number of fused-ring (bicyclic) bond motifs is 2. The van der Waals surface area contributed by atoms with Crippen molar-refractivity contribution in [3.05, 3.63) is 23.2 Å². The number of nitrogens with one attached hydrogen (secondary N) is 1. The molecule has 4 N–H and O–H groups in total. The van der Waals surface area contributed by atoms with Gasteiger partial charge in [-0.15, -0.1) is 0 Å². The van der Waals surface area contributed by atoms with E-state index in [-0.39, 0.29) is 12.0 Å². The first-order chi connectivity index (χ1) is 10.0. The van der Waals surface area contributed by atoms with Crippen molar-refractivity contribution in [2.24, 2.45) is 0 Å². The van der Waals surface area contributed by atoms with Crippen LogP contribution in [0.4, 0.5) is 11.4 Å². The van der Waals surface area contributed by atoms with Gasteiger partial charge < -0.3 is 16.2 Å². The molecule has 5 nitrogen and oxygen atoms in total. The van der Waals surface area contributed by atoms with Gasteiger partial charge in [-0.1, -0.05) is 11.6 Å². The zero-order chi connectivity index (χ0) is 15.0. The second kappa shape index (κ2) is 5.83. The molecule has 2 aliphatic rings. The Bertz CT molecular complexity index is 538. The number of carbonyl (C=O) groups is 1. The number of nitrogens with two attached hydrogens (primary N) is 1. The van der Waals surface area contributed by atoms with Gasteiger partial charge in [-0.2, -0.15) is 0 Å². The van der Waals surface area contributed by atoms with Gasteiger partial charge in [0.1, 0.15) is 0 Å². The summed E-state index contributed by atoms with van der Waals surface area (Å²) in [5.41, 5.74) is 6.82. The molecule has 1 aromatic carbocycles. The predicted molar refractivity (Wildman–Crippen MR) is 83.3 cm³/mol. The van der Waals surface area contributed by atoms with Gasteiger partial charge in [0.15, 0.2) is 0 Å². The van der Waals surface area contributed by atoms with E-state index < -0.39 is 0 Å². The summed E-state index contributed by atoms with van der Waals surface area (Å²) in [5, 5.41) is 13.1. The summed E-state index contributed by atoms with van der Waals surface area (Å²) < 4.78 is 0. The fourth-order valence-electron chi connectivity index (χ4n) is 3.50. The Labute approximate surface area is 129 Å². The van der Waals surface area contributed by atoms with Crippen molar-refractivity contribution >= 4 is 28.9 Å². The highest BCUT2D eigenvalue weighted by molar-refractivity contribution is 6.33. The quantitative estimate of drug-likeness (QED) is 0.745. The summed E-state index contributed by atoms with van der Waals surface area (Å²) in [4.78, 5) is 14.4. The maximum atomic E-state index is 12.2. The van der Waals surface area contributed by atoms with Gasteiger partial charge in [0.05, 0.1) is 23.4 Å². The van der Waals surface area contributed by atoms with Gasteiger partial charge in [-0.25, -0.2) is 0 Å². The van der Waals surface area contributed by atoms with E-state index in [1.807, 2.05) is 0 Å². The van der Waals surface area contributed by atoms with E-state index in [4.69, 9.17) is 17.3 Å². The Kier molecular flexibility index (Phi) is 4.06. The van der Waals surface area contributed by atoms with Crippen LogP contribution >= 0.6 is 11.6 Å². The number of piperidine rings is 1. The molecular weight excluding hydrogens is 290 g/mol. The molecule has 0 spiro atoms. The lowest BCUT2D eigenvalue weighted by Crippen LogP contribution is -2.47. The van der Waals surface area contributed by atoms with E-state index in [9.17, 15) is 9.90 Å². The predicted octanol–water partition coefficient (Wildman–Crippen LogP) is 1.85.